The summed E-state index contributed by atoms with van der Waals surface area (Å²) in [5.74, 6) is -0.469. The number of hydrogen-bond donors (Lipinski definition) is 0. The zero-order valence-corrected chi connectivity index (χ0v) is 23.0. The van der Waals surface area contributed by atoms with Crippen LogP contribution in [0.25, 0.3) is 45.2 Å². The van der Waals surface area contributed by atoms with Crippen LogP contribution in [0.4, 0.5) is 26.3 Å². The number of rotatable bonds is 3. The number of halogens is 6. The Morgan fingerprint density at radius 2 is 1.07 bits per heavy atom. The number of hydrogen-bond acceptors (Lipinski definition) is 3. The number of fused-ring (bicyclic) bond motifs is 3. The van der Waals surface area contributed by atoms with Crippen LogP contribution in [0.1, 0.15) is 47.2 Å². The van der Waals surface area contributed by atoms with Crippen molar-refractivity contribution < 1.29 is 30.8 Å². The maximum atomic E-state index is 13.4. The Morgan fingerprint density at radius 3 is 1.69 bits per heavy atom. The molecule has 0 radical (unpaired) electrons. The summed E-state index contributed by atoms with van der Waals surface area (Å²) in [7, 11) is 0. The number of aryl methyl sites for hydroxylation is 2. The van der Waals surface area contributed by atoms with Crippen LogP contribution in [-0.4, -0.2) is 10.2 Å². The third-order valence-corrected chi connectivity index (χ3v) is 7.81. The Balaban J connectivity index is 1.45. The molecule has 0 bridgehead atoms. The summed E-state index contributed by atoms with van der Waals surface area (Å²) in [6, 6.07) is 19.4. The molecule has 0 amide bonds. The largest absolute Gasteiger partial charge is 0.416 e. The van der Waals surface area contributed by atoms with E-state index < -0.39 is 34.9 Å². The second-order valence-electron chi connectivity index (χ2n) is 11.2. The second-order valence-corrected chi connectivity index (χ2v) is 11.2. The lowest BCUT2D eigenvalue weighted by Crippen LogP contribution is -2.15. The number of alkyl halides is 6. The molecule has 1 aromatic heterocycles. The first-order valence-electron chi connectivity index (χ1n) is 13.1. The van der Waals surface area contributed by atoms with Gasteiger partial charge in [0, 0.05) is 16.5 Å². The van der Waals surface area contributed by atoms with Gasteiger partial charge in [-0.2, -0.15) is 26.3 Å². The molecular weight excluding hydrogens is 554 g/mol. The van der Waals surface area contributed by atoms with Gasteiger partial charge in [-0.1, -0.05) is 67.4 Å². The van der Waals surface area contributed by atoms with Gasteiger partial charge in [0.05, 0.1) is 11.1 Å². The lowest BCUT2D eigenvalue weighted by Gasteiger charge is -2.22. The first-order chi connectivity index (χ1) is 19.6. The predicted molar refractivity (Wildman–Crippen MR) is 148 cm³/mol. The van der Waals surface area contributed by atoms with Crippen molar-refractivity contribution >= 4 is 0 Å². The molecule has 6 rings (SSSR count). The molecule has 0 saturated carbocycles. The molecule has 0 aliphatic heterocycles. The van der Waals surface area contributed by atoms with E-state index in [-0.39, 0.29) is 17.4 Å². The molecule has 1 aliphatic rings. The maximum absolute atomic E-state index is 13.4. The van der Waals surface area contributed by atoms with Gasteiger partial charge in [0.25, 0.3) is 0 Å². The van der Waals surface area contributed by atoms with Crippen LogP contribution < -0.4 is 0 Å². The molecule has 0 N–H and O–H groups in total. The lowest BCUT2D eigenvalue weighted by molar-refractivity contribution is -0.143. The summed E-state index contributed by atoms with van der Waals surface area (Å²) in [6.07, 6.45) is -10.00. The molecule has 0 atom stereocenters. The Kier molecular flexibility index (Phi) is 6.15. The third kappa shape index (κ3) is 4.66. The zero-order chi connectivity index (χ0) is 30.2. The summed E-state index contributed by atoms with van der Waals surface area (Å²) in [5.41, 5.74) is 5.19. The van der Waals surface area contributed by atoms with Crippen LogP contribution in [0.5, 0.6) is 0 Å². The van der Waals surface area contributed by atoms with E-state index >= 15 is 0 Å². The normalized spacial score (nSPS) is 14.1. The minimum Gasteiger partial charge on any atom is -0.416 e. The number of nitrogens with zero attached hydrogens (tertiary/aromatic N) is 2. The van der Waals surface area contributed by atoms with Gasteiger partial charge in [0.1, 0.15) is 0 Å². The Morgan fingerprint density at radius 1 is 0.548 bits per heavy atom. The summed E-state index contributed by atoms with van der Waals surface area (Å²) >= 11 is 0. The quantitative estimate of drug-likeness (QED) is 0.200. The van der Waals surface area contributed by atoms with Gasteiger partial charge >= 0.3 is 12.4 Å². The van der Waals surface area contributed by atoms with E-state index in [4.69, 9.17) is 4.42 Å². The van der Waals surface area contributed by atoms with Crippen LogP contribution in [0.15, 0.2) is 77.2 Å². The molecule has 9 heteroatoms. The highest BCUT2D eigenvalue weighted by molar-refractivity contribution is 5.87. The predicted octanol–water partition coefficient (Wildman–Crippen LogP) is 10.0. The van der Waals surface area contributed by atoms with Crippen molar-refractivity contribution in [2.75, 3.05) is 0 Å². The van der Waals surface area contributed by atoms with Gasteiger partial charge in [0.15, 0.2) is 0 Å². The highest BCUT2D eigenvalue weighted by Crippen LogP contribution is 2.50. The lowest BCUT2D eigenvalue weighted by atomic mass is 9.81. The SMILES string of the molecule is Cc1ccc(-c2ccc3c(c2)C(C)(C)c2cc(C)ccc2-3)c(-c2nnc(-c3cc(C(F)(F)F)cc(C(F)(F)F)c3)o2)c1. The molecular formula is C33H24F6N2O. The summed E-state index contributed by atoms with van der Waals surface area (Å²) in [5, 5.41) is 7.88. The molecule has 4 aromatic carbocycles. The molecule has 42 heavy (non-hydrogen) atoms. The van der Waals surface area contributed by atoms with Crippen LogP contribution in [0.2, 0.25) is 0 Å². The van der Waals surface area contributed by atoms with E-state index in [1.165, 1.54) is 16.7 Å². The van der Waals surface area contributed by atoms with E-state index in [0.717, 1.165) is 27.8 Å². The Hall–Kier alpha value is -4.40. The van der Waals surface area contributed by atoms with Crippen LogP contribution in [-0.2, 0) is 17.8 Å². The van der Waals surface area contributed by atoms with Crippen molar-refractivity contribution in [2.45, 2.75) is 45.5 Å². The van der Waals surface area contributed by atoms with E-state index in [1.807, 2.05) is 25.1 Å². The minimum absolute atomic E-state index is 0.0201. The smallest absolute Gasteiger partial charge is 0.416 e. The Labute approximate surface area is 237 Å². The van der Waals surface area contributed by atoms with Crippen LogP contribution in [0, 0.1) is 13.8 Å². The van der Waals surface area contributed by atoms with Gasteiger partial charge in [-0.3, -0.25) is 0 Å². The molecule has 1 aliphatic carbocycles. The van der Waals surface area contributed by atoms with Crippen LogP contribution >= 0.6 is 0 Å². The van der Waals surface area contributed by atoms with Crippen molar-refractivity contribution in [3.63, 3.8) is 0 Å². The average molecular weight is 579 g/mol. The molecule has 0 fully saturated rings. The fraction of sp³-hybridized carbons (Fsp3) is 0.212. The Bertz CT molecular complexity index is 1830. The highest BCUT2D eigenvalue weighted by Gasteiger charge is 2.38. The van der Waals surface area contributed by atoms with Gasteiger partial charge in [-0.05, 0) is 77.6 Å². The van der Waals surface area contributed by atoms with Gasteiger partial charge < -0.3 is 4.42 Å². The summed E-state index contributed by atoms with van der Waals surface area (Å²) in [4.78, 5) is 0. The topological polar surface area (TPSA) is 38.9 Å². The highest BCUT2D eigenvalue weighted by atomic mass is 19.4. The van der Waals surface area contributed by atoms with Gasteiger partial charge in [-0.15, -0.1) is 10.2 Å². The molecule has 1 heterocycles. The van der Waals surface area contributed by atoms with E-state index in [2.05, 4.69) is 61.3 Å². The molecule has 0 saturated heterocycles. The fourth-order valence-electron chi connectivity index (χ4n) is 5.63. The van der Waals surface area contributed by atoms with Crippen molar-refractivity contribution in [3.05, 3.63) is 106 Å². The molecule has 5 aromatic rings. The van der Waals surface area contributed by atoms with E-state index in [1.54, 1.807) is 6.07 Å². The minimum atomic E-state index is -5.00. The first-order valence-corrected chi connectivity index (χ1v) is 13.1. The fourth-order valence-corrected chi connectivity index (χ4v) is 5.63. The average Bonchev–Trinajstić information content (AvgIpc) is 3.49. The first kappa shape index (κ1) is 27.8. The molecule has 0 unspecified atom stereocenters. The van der Waals surface area contributed by atoms with E-state index in [9.17, 15) is 26.3 Å². The number of benzene rings is 4. The van der Waals surface area contributed by atoms with Gasteiger partial charge in [-0.25, -0.2) is 0 Å². The monoisotopic (exact) mass is 578 g/mol. The van der Waals surface area contributed by atoms with Crippen molar-refractivity contribution in [2.24, 2.45) is 0 Å². The van der Waals surface area contributed by atoms with Crippen molar-refractivity contribution in [3.8, 4) is 45.2 Å². The second kappa shape index (κ2) is 9.31. The van der Waals surface area contributed by atoms with Crippen molar-refractivity contribution in [1.29, 1.82) is 0 Å². The summed E-state index contributed by atoms with van der Waals surface area (Å²) < 4.78 is 86.3. The molecule has 0 spiro atoms. The molecule has 214 valence electrons. The zero-order valence-electron chi connectivity index (χ0n) is 23.0. The third-order valence-electron chi connectivity index (χ3n) is 7.81. The standard InChI is InChI=1S/C33H24F6N2O/c1-17-5-8-23(19-7-10-25-24-9-6-18(2)12-27(24)31(3,4)28(25)15-19)26(11-17)30-41-40-29(42-30)20-13-21(32(34,35)36)16-22(14-20)33(37,38)39/h5-16H,1-4H3. The van der Waals surface area contributed by atoms with Crippen LogP contribution in [0.3, 0.4) is 0 Å². The number of aromatic nitrogens is 2. The van der Waals surface area contributed by atoms with E-state index in [0.29, 0.717) is 17.7 Å². The van der Waals surface area contributed by atoms with Gasteiger partial charge in [0.2, 0.25) is 11.8 Å². The van der Waals surface area contributed by atoms with Crippen molar-refractivity contribution in [1.82, 2.24) is 10.2 Å². The molecule has 3 nitrogen and oxygen atoms in total. The maximum Gasteiger partial charge on any atom is 0.416 e. The summed E-state index contributed by atoms with van der Waals surface area (Å²) in [6.45, 7) is 8.26.